The molecule has 4 nitrogen and oxygen atoms in total. The Kier molecular flexibility index (Phi) is 2.74. The maximum atomic E-state index is 10.5. The highest BCUT2D eigenvalue weighted by Gasteiger charge is 2.10. The number of nitrogens with one attached hydrogen (secondary N) is 1. The second-order valence-corrected chi connectivity index (χ2v) is 2.79. The molecule has 0 bridgehead atoms. The molecule has 1 atom stereocenters. The minimum atomic E-state index is -0.900. The van der Waals surface area contributed by atoms with Gasteiger partial charge < -0.3 is 16.2 Å². The van der Waals surface area contributed by atoms with Crippen LogP contribution in [0.5, 0.6) is 0 Å². The summed E-state index contributed by atoms with van der Waals surface area (Å²) in [6.45, 7) is 1.56. The summed E-state index contributed by atoms with van der Waals surface area (Å²) in [5, 5.41) is 11.4. The van der Waals surface area contributed by atoms with Gasteiger partial charge in [-0.2, -0.15) is 0 Å². The monoisotopic (exact) mass is 180 g/mol. The number of nitrogen functional groups attached to an aromatic ring is 1. The van der Waals surface area contributed by atoms with Crippen molar-refractivity contribution in [3.8, 4) is 0 Å². The van der Waals surface area contributed by atoms with Crippen LogP contribution in [-0.4, -0.2) is 17.1 Å². The number of benzene rings is 1. The van der Waals surface area contributed by atoms with Gasteiger partial charge in [-0.15, -0.1) is 0 Å². The van der Waals surface area contributed by atoms with Crippen LogP contribution in [0, 0.1) is 0 Å². The van der Waals surface area contributed by atoms with Crippen LogP contribution in [0.4, 0.5) is 11.4 Å². The minimum Gasteiger partial charge on any atom is -0.480 e. The molecule has 1 rings (SSSR count). The molecule has 0 aliphatic carbocycles. The fourth-order valence-corrected chi connectivity index (χ4v) is 0.923. The number of rotatable bonds is 3. The summed E-state index contributed by atoms with van der Waals surface area (Å²) in [5.41, 5.74) is 6.82. The second-order valence-electron chi connectivity index (χ2n) is 2.79. The highest BCUT2D eigenvalue weighted by molar-refractivity contribution is 5.79. The van der Waals surface area contributed by atoms with Gasteiger partial charge in [-0.3, -0.25) is 4.79 Å². The highest BCUT2D eigenvalue weighted by atomic mass is 16.4. The van der Waals surface area contributed by atoms with Crippen LogP contribution in [0.3, 0.4) is 0 Å². The van der Waals surface area contributed by atoms with Crippen LogP contribution in [0.25, 0.3) is 0 Å². The Morgan fingerprint density at radius 1 is 1.54 bits per heavy atom. The molecule has 0 aliphatic heterocycles. The number of nitrogens with two attached hydrogens (primary N) is 1. The summed E-state index contributed by atoms with van der Waals surface area (Å²) in [6.07, 6.45) is 0. The van der Waals surface area contributed by atoms with Gasteiger partial charge in [0.15, 0.2) is 0 Å². The fourth-order valence-electron chi connectivity index (χ4n) is 0.923. The average molecular weight is 180 g/mol. The Labute approximate surface area is 76.4 Å². The summed E-state index contributed by atoms with van der Waals surface area (Å²) in [5.74, 6) is -0.900. The molecular weight excluding hydrogens is 168 g/mol. The summed E-state index contributed by atoms with van der Waals surface area (Å²) in [6, 6.07) is 6.43. The summed E-state index contributed by atoms with van der Waals surface area (Å²) < 4.78 is 0. The van der Waals surface area contributed by atoms with Crippen molar-refractivity contribution in [1.29, 1.82) is 0 Å². The van der Waals surface area contributed by atoms with Crippen LogP contribution in [0.1, 0.15) is 6.92 Å². The van der Waals surface area contributed by atoms with Crippen molar-refractivity contribution in [1.82, 2.24) is 0 Å². The largest absolute Gasteiger partial charge is 0.480 e. The Morgan fingerprint density at radius 3 is 2.69 bits per heavy atom. The molecule has 0 aromatic heterocycles. The standard InChI is InChI=1S/C9H12N2O2/c1-6(9(12)13)11-8-5-3-2-4-7(8)10/h2-6,11H,10H2,1H3,(H,12,13). The molecule has 1 unspecified atom stereocenters. The smallest absolute Gasteiger partial charge is 0.325 e. The lowest BCUT2D eigenvalue weighted by Crippen LogP contribution is -2.25. The molecule has 0 aliphatic rings. The molecule has 0 fully saturated rings. The molecule has 0 radical (unpaired) electrons. The van der Waals surface area contributed by atoms with E-state index in [0.717, 1.165) is 0 Å². The van der Waals surface area contributed by atoms with Crippen molar-refractivity contribution < 1.29 is 9.90 Å². The maximum absolute atomic E-state index is 10.5. The van der Waals surface area contributed by atoms with Gasteiger partial charge in [-0.25, -0.2) is 0 Å². The lowest BCUT2D eigenvalue weighted by molar-refractivity contribution is -0.137. The van der Waals surface area contributed by atoms with Gasteiger partial charge >= 0.3 is 5.97 Å². The molecule has 0 heterocycles. The first-order valence-corrected chi connectivity index (χ1v) is 3.95. The second kappa shape index (κ2) is 3.80. The first kappa shape index (κ1) is 9.38. The molecule has 1 aromatic rings. The summed E-state index contributed by atoms with van der Waals surface area (Å²) in [7, 11) is 0. The van der Waals surface area contributed by atoms with Gasteiger partial charge in [0.1, 0.15) is 6.04 Å². The first-order valence-electron chi connectivity index (χ1n) is 3.95. The fraction of sp³-hybridized carbons (Fsp3) is 0.222. The Bertz CT molecular complexity index is 312. The predicted octanol–water partition coefficient (Wildman–Crippen LogP) is 1.15. The molecule has 0 saturated carbocycles. The first-order chi connectivity index (χ1) is 6.11. The van der Waals surface area contributed by atoms with Crippen molar-refractivity contribution in [2.75, 3.05) is 11.1 Å². The van der Waals surface area contributed by atoms with E-state index in [2.05, 4.69) is 5.32 Å². The molecular formula is C9H12N2O2. The Hall–Kier alpha value is -1.71. The molecule has 1 aromatic carbocycles. The molecule has 0 spiro atoms. The van der Waals surface area contributed by atoms with Crippen molar-refractivity contribution in [3.05, 3.63) is 24.3 Å². The van der Waals surface area contributed by atoms with Gasteiger partial charge in [-0.1, -0.05) is 12.1 Å². The maximum Gasteiger partial charge on any atom is 0.325 e. The number of carbonyl (C=O) groups is 1. The zero-order valence-electron chi connectivity index (χ0n) is 7.32. The van der Waals surface area contributed by atoms with Gasteiger partial charge in [0.2, 0.25) is 0 Å². The molecule has 70 valence electrons. The van der Waals surface area contributed by atoms with Crippen LogP contribution in [-0.2, 0) is 4.79 Å². The Balaban J connectivity index is 2.74. The normalized spacial score (nSPS) is 12.1. The number of hydrogen-bond donors (Lipinski definition) is 3. The number of carboxylic acids is 1. The highest BCUT2D eigenvalue weighted by Crippen LogP contribution is 2.17. The van der Waals surface area contributed by atoms with E-state index in [1.165, 1.54) is 0 Å². The van der Waals surface area contributed by atoms with Gasteiger partial charge in [0, 0.05) is 0 Å². The number of hydrogen-bond acceptors (Lipinski definition) is 3. The lowest BCUT2D eigenvalue weighted by atomic mass is 10.2. The average Bonchev–Trinajstić information content (AvgIpc) is 2.08. The molecule has 4 N–H and O–H groups in total. The van der Waals surface area contributed by atoms with Crippen molar-refractivity contribution in [2.45, 2.75) is 13.0 Å². The molecule has 0 amide bonds. The minimum absolute atomic E-state index is 0.551. The van der Waals surface area contributed by atoms with Crippen molar-refractivity contribution >= 4 is 17.3 Å². The van der Waals surface area contributed by atoms with E-state index < -0.39 is 12.0 Å². The van der Waals surface area contributed by atoms with E-state index in [1.807, 2.05) is 0 Å². The molecule has 4 heteroatoms. The third kappa shape index (κ3) is 2.37. The van der Waals surface area contributed by atoms with E-state index in [0.29, 0.717) is 11.4 Å². The van der Waals surface area contributed by atoms with E-state index >= 15 is 0 Å². The Morgan fingerprint density at radius 2 is 2.15 bits per heavy atom. The van der Waals surface area contributed by atoms with Crippen molar-refractivity contribution in [2.24, 2.45) is 0 Å². The van der Waals surface area contributed by atoms with Crippen LogP contribution >= 0.6 is 0 Å². The van der Waals surface area contributed by atoms with Crippen LogP contribution < -0.4 is 11.1 Å². The van der Waals surface area contributed by atoms with Gasteiger partial charge in [0.25, 0.3) is 0 Å². The summed E-state index contributed by atoms with van der Waals surface area (Å²) >= 11 is 0. The van der Waals surface area contributed by atoms with Gasteiger partial charge in [-0.05, 0) is 19.1 Å². The van der Waals surface area contributed by atoms with Gasteiger partial charge in [0.05, 0.1) is 11.4 Å². The lowest BCUT2D eigenvalue weighted by Gasteiger charge is -2.12. The quantitative estimate of drug-likeness (QED) is 0.610. The van der Waals surface area contributed by atoms with Crippen LogP contribution in [0.15, 0.2) is 24.3 Å². The van der Waals surface area contributed by atoms with Crippen molar-refractivity contribution in [3.63, 3.8) is 0 Å². The van der Waals surface area contributed by atoms with E-state index in [9.17, 15) is 4.79 Å². The molecule has 0 saturated heterocycles. The van der Waals surface area contributed by atoms with E-state index in [1.54, 1.807) is 31.2 Å². The zero-order chi connectivity index (χ0) is 9.84. The number of para-hydroxylation sites is 2. The zero-order valence-corrected chi connectivity index (χ0v) is 7.32. The number of carboxylic acid groups (broad SMARTS) is 1. The van der Waals surface area contributed by atoms with E-state index in [4.69, 9.17) is 10.8 Å². The number of aliphatic carboxylic acids is 1. The van der Waals surface area contributed by atoms with Crippen LogP contribution in [0.2, 0.25) is 0 Å². The summed E-state index contributed by atoms with van der Waals surface area (Å²) in [4.78, 5) is 10.5. The third-order valence-electron chi connectivity index (χ3n) is 1.70. The predicted molar refractivity (Wildman–Crippen MR) is 51.6 cm³/mol. The van der Waals surface area contributed by atoms with E-state index in [-0.39, 0.29) is 0 Å². The SMILES string of the molecule is CC(Nc1ccccc1N)C(=O)O. The number of anilines is 2. The third-order valence-corrected chi connectivity index (χ3v) is 1.70. The topological polar surface area (TPSA) is 75.3 Å². The molecule has 13 heavy (non-hydrogen) atoms.